The van der Waals surface area contributed by atoms with Gasteiger partial charge in [0.15, 0.2) is 0 Å². The minimum atomic E-state index is -0.0604. The molecule has 2 amide bonds. The van der Waals surface area contributed by atoms with E-state index in [1.165, 1.54) is 0 Å². The molecule has 0 bridgehead atoms. The van der Waals surface area contributed by atoms with Crippen LogP contribution in [0.15, 0.2) is 41.0 Å². The molecule has 1 saturated heterocycles. The molecule has 6 heteroatoms. The average Bonchev–Trinajstić information content (AvgIpc) is 3.14. The highest BCUT2D eigenvalue weighted by Gasteiger charge is 2.22. The van der Waals surface area contributed by atoms with Crippen LogP contribution in [0.4, 0.5) is 0 Å². The first kappa shape index (κ1) is 21.1. The lowest BCUT2D eigenvalue weighted by atomic mass is 10.0. The van der Waals surface area contributed by atoms with Gasteiger partial charge in [0.1, 0.15) is 5.76 Å². The molecule has 1 aromatic carbocycles. The van der Waals surface area contributed by atoms with Crippen LogP contribution in [0.5, 0.6) is 0 Å². The Morgan fingerprint density at radius 3 is 2.59 bits per heavy atom. The second kappa shape index (κ2) is 9.74. The van der Waals surface area contributed by atoms with Gasteiger partial charge >= 0.3 is 0 Å². The molecule has 2 aromatic rings. The summed E-state index contributed by atoms with van der Waals surface area (Å²) in [5.41, 5.74) is 2.46. The van der Waals surface area contributed by atoms with Gasteiger partial charge in [0.2, 0.25) is 0 Å². The van der Waals surface area contributed by atoms with Crippen molar-refractivity contribution in [2.75, 3.05) is 19.6 Å². The zero-order chi connectivity index (χ0) is 20.8. The maximum atomic E-state index is 12.3. The van der Waals surface area contributed by atoms with E-state index in [2.05, 4.69) is 35.4 Å². The summed E-state index contributed by atoms with van der Waals surface area (Å²) in [5, 5.41) is 6.08. The Labute approximate surface area is 172 Å². The molecule has 0 spiro atoms. The van der Waals surface area contributed by atoms with Crippen LogP contribution in [0, 0.1) is 12.8 Å². The van der Waals surface area contributed by atoms with Gasteiger partial charge < -0.3 is 15.1 Å². The quantitative estimate of drug-likeness (QED) is 0.751. The van der Waals surface area contributed by atoms with E-state index in [4.69, 9.17) is 4.42 Å². The number of piperidine rings is 1. The third kappa shape index (κ3) is 5.94. The fourth-order valence-electron chi connectivity index (χ4n) is 3.59. The SMILES string of the molecule is Cc1occc1C(=O)NC1CCN(Cc2cccc(C(=O)NCC(C)C)c2)CC1. The maximum Gasteiger partial charge on any atom is 0.255 e. The van der Waals surface area contributed by atoms with E-state index in [-0.39, 0.29) is 17.9 Å². The van der Waals surface area contributed by atoms with Gasteiger partial charge in [-0.05, 0) is 49.4 Å². The summed E-state index contributed by atoms with van der Waals surface area (Å²) in [5.74, 6) is 1.00. The molecule has 0 saturated carbocycles. The Morgan fingerprint density at radius 1 is 1.17 bits per heavy atom. The van der Waals surface area contributed by atoms with Crippen LogP contribution in [0.25, 0.3) is 0 Å². The molecule has 2 N–H and O–H groups in total. The molecular weight excluding hydrogens is 366 g/mol. The molecule has 156 valence electrons. The Morgan fingerprint density at radius 2 is 1.93 bits per heavy atom. The van der Waals surface area contributed by atoms with Crippen LogP contribution in [-0.4, -0.2) is 42.4 Å². The molecule has 3 rings (SSSR count). The summed E-state index contributed by atoms with van der Waals surface area (Å²) in [6, 6.07) is 9.74. The molecule has 29 heavy (non-hydrogen) atoms. The van der Waals surface area contributed by atoms with Gasteiger partial charge in [-0.2, -0.15) is 0 Å². The van der Waals surface area contributed by atoms with Crippen LogP contribution >= 0.6 is 0 Å². The van der Waals surface area contributed by atoms with Crippen LogP contribution in [0.2, 0.25) is 0 Å². The van der Waals surface area contributed by atoms with Gasteiger partial charge in [-0.3, -0.25) is 14.5 Å². The lowest BCUT2D eigenvalue weighted by Gasteiger charge is -2.32. The number of hydrogen-bond acceptors (Lipinski definition) is 4. The summed E-state index contributed by atoms with van der Waals surface area (Å²) in [6.45, 7) is 9.29. The van der Waals surface area contributed by atoms with E-state index >= 15 is 0 Å². The summed E-state index contributed by atoms with van der Waals surface area (Å²) < 4.78 is 5.21. The van der Waals surface area contributed by atoms with Crippen molar-refractivity contribution < 1.29 is 14.0 Å². The third-order valence-electron chi connectivity index (χ3n) is 5.29. The van der Waals surface area contributed by atoms with Crippen molar-refractivity contribution in [2.24, 2.45) is 5.92 Å². The van der Waals surface area contributed by atoms with Crippen molar-refractivity contribution in [2.45, 2.75) is 46.2 Å². The van der Waals surface area contributed by atoms with Gasteiger partial charge in [0, 0.05) is 37.8 Å². The summed E-state index contributed by atoms with van der Waals surface area (Å²) in [6.07, 6.45) is 3.37. The number of rotatable bonds is 7. The molecule has 1 aromatic heterocycles. The first-order valence-electron chi connectivity index (χ1n) is 10.4. The number of benzene rings is 1. The second-order valence-corrected chi connectivity index (χ2v) is 8.22. The molecule has 1 aliphatic rings. The predicted octanol–water partition coefficient (Wildman–Crippen LogP) is 3.37. The predicted molar refractivity (Wildman–Crippen MR) is 113 cm³/mol. The molecular formula is C23H31N3O3. The first-order valence-corrected chi connectivity index (χ1v) is 10.4. The molecule has 0 radical (unpaired) electrons. The fourth-order valence-corrected chi connectivity index (χ4v) is 3.59. The number of nitrogens with zero attached hydrogens (tertiary/aromatic N) is 1. The summed E-state index contributed by atoms with van der Waals surface area (Å²) in [7, 11) is 0. The fraction of sp³-hybridized carbons (Fsp3) is 0.478. The van der Waals surface area contributed by atoms with E-state index in [1.807, 2.05) is 18.2 Å². The van der Waals surface area contributed by atoms with Crippen molar-refractivity contribution in [1.29, 1.82) is 0 Å². The van der Waals surface area contributed by atoms with Crippen LogP contribution in [0.1, 0.15) is 58.7 Å². The summed E-state index contributed by atoms with van der Waals surface area (Å²) in [4.78, 5) is 27.0. The summed E-state index contributed by atoms with van der Waals surface area (Å²) >= 11 is 0. The van der Waals surface area contributed by atoms with Crippen molar-refractivity contribution in [1.82, 2.24) is 15.5 Å². The van der Waals surface area contributed by atoms with Crippen LogP contribution in [0.3, 0.4) is 0 Å². The number of aryl methyl sites for hydroxylation is 1. The number of furan rings is 1. The van der Waals surface area contributed by atoms with E-state index in [1.54, 1.807) is 19.3 Å². The molecule has 1 fully saturated rings. The lowest BCUT2D eigenvalue weighted by molar-refractivity contribution is 0.0906. The molecule has 0 unspecified atom stereocenters. The molecule has 1 aliphatic heterocycles. The standard InChI is InChI=1S/C23H31N3O3/c1-16(2)14-24-22(27)19-6-4-5-18(13-19)15-26-10-7-20(8-11-26)25-23(28)21-9-12-29-17(21)3/h4-6,9,12-13,16,20H,7-8,10-11,14-15H2,1-3H3,(H,24,27)(H,25,28). The van der Waals surface area contributed by atoms with Crippen molar-refractivity contribution in [3.8, 4) is 0 Å². The highest BCUT2D eigenvalue weighted by Crippen LogP contribution is 2.16. The second-order valence-electron chi connectivity index (χ2n) is 8.22. The molecule has 0 atom stereocenters. The number of amides is 2. The highest BCUT2D eigenvalue weighted by molar-refractivity contribution is 5.95. The Hall–Kier alpha value is -2.60. The first-order chi connectivity index (χ1) is 13.9. The van der Waals surface area contributed by atoms with Gasteiger partial charge in [-0.1, -0.05) is 26.0 Å². The Balaban J connectivity index is 1.48. The topological polar surface area (TPSA) is 74.6 Å². The Kier molecular flexibility index (Phi) is 7.09. The van der Waals surface area contributed by atoms with E-state index in [0.717, 1.165) is 38.0 Å². The van der Waals surface area contributed by atoms with Crippen molar-refractivity contribution in [3.05, 3.63) is 59.0 Å². The zero-order valence-electron chi connectivity index (χ0n) is 17.5. The largest absolute Gasteiger partial charge is 0.469 e. The van der Waals surface area contributed by atoms with Crippen LogP contribution < -0.4 is 10.6 Å². The maximum absolute atomic E-state index is 12.3. The number of carbonyl (C=O) groups excluding carboxylic acids is 2. The van der Waals surface area contributed by atoms with Gasteiger partial charge in [-0.15, -0.1) is 0 Å². The number of carbonyl (C=O) groups is 2. The number of likely N-dealkylation sites (tertiary alicyclic amines) is 1. The van der Waals surface area contributed by atoms with Crippen molar-refractivity contribution in [3.63, 3.8) is 0 Å². The van der Waals surface area contributed by atoms with E-state index < -0.39 is 0 Å². The average molecular weight is 398 g/mol. The van der Waals surface area contributed by atoms with Crippen LogP contribution in [-0.2, 0) is 6.54 Å². The molecule has 6 nitrogen and oxygen atoms in total. The van der Waals surface area contributed by atoms with E-state index in [0.29, 0.717) is 29.3 Å². The number of nitrogens with one attached hydrogen (secondary N) is 2. The molecule has 0 aliphatic carbocycles. The smallest absolute Gasteiger partial charge is 0.255 e. The van der Waals surface area contributed by atoms with Crippen molar-refractivity contribution >= 4 is 11.8 Å². The Bertz CT molecular complexity index is 835. The lowest BCUT2D eigenvalue weighted by Crippen LogP contribution is -2.44. The number of hydrogen-bond donors (Lipinski definition) is 2. The molecule has 2 heterocycles. The highest BCUT2D eigenvalue weighted by atomic mass is 16.3. The minimum absolute atomic E-state index is 0.0171. The van der Waals surface area contributed by atoms with Gasteiger partial charge in [0.25, 0.3) is 11.8 Å². The monoisotopic (exact) mass is 397 g/mol. The minimum Gasteiger partial charge on any atom is -0.469 e. The van der Waals surface area contributed by atoms with E-state index in [9.17, 15) is 9.59 Å². The van der Waals surface area contributed by atoms with Gasteiger partial charge in [0.05, 0.1) is 11.8 Å². The zero-order valence-corrected chi connectivity index (χ0v) is 17.5. The van der Waals surface area contributed by atoms with Gasteiger partial charge in [-0.25, -0.2) is 0 Å². The third-order valence-corrected chi connectivity index (χ3v) is 5.29. The normalized spacial score (nSPS) is 15.4.